The molecule has 1 aromatic carbocycles. The second-order valence-corrected chi connectivity index (χ2v) is 7.23. The van der Waals surface area contributed by atoms with Gasteiger partial charge in [-0.1, -0.05) is 43.6 Å². The molecule has 2 N–H and O–H groups in total. The molecule has 26 heavy (non-hydrogen) atoms. The molecular weight excluding hydrogens is 348 g/mol. The van der Waals surface area contributed by atoms with E-state index < -0.39 is 6.10 Å². The highest BCUT2D eigenvalue weighted by Crippen LogP contribution is 2.23. The normalized spacial score (nSPS) is 19.2. The van der Waals surface area contributed by atoms with Gasteiger partial charge in [0.2, 0.25) is 0 Å². The molecule has 0 spiro atoms. The van der Waals surface area contributed by atoms with Crippen LogP contribution in [-0.2, 0) is 0 Å². The van der Waals surface area contributed by atoms with Crippen molar-refractivity contribution in [1.29, 1.82) is 0 Å². The maximum Gasteiger partial charge on any atom is 0.194 e. The Morgan fingerprint density at radius 1 is 1.35 bits per heavy atom. The quantitative estimate of drug-likeness (QED) is 0.537. The monoisotopic (exact) mass is 380 g/mol. The summed E-state index contributed by atoms with van der Waals surface area (Å²) in [5.74, 6) is 1.56. The minimum atomic E-state index is -0.688. The summed E-state index contributed by atoms with van der Waals surface area (Å²) in [5.41, 5.74) is 0.731. The lowest BCUT2D eigenvalue weighted by atomic mass is 10.1. The van der Waals surface area contributed by atoms with Crippen LogP contribution in [-0.4, -0.2) is 66.7 Å². The van der Waals surface area contributed by atoms with Crippen molar-refractivity contribution in [3.8, 4) is 0 Å². The number of rotatable bonds is 8. The average molecular weight is 381 g/mol. The molecule has 2 rings (SSSR count). The van der Waals surface area contributed by atoms with Gasteiger partial charge < -0.3 is 20.2 Å². The molecule has 146 valence electrons. The van der Waals surface area contributed by atoms with E-state index in [1.54, 1.807) is 6.07 Å². The van der Waals surface area contributed by atoms with Gasteiger partial charge in [0, 0.05) is 36.8 Å². The fourth-order valence-electron chi connectivity index (χ4n) is 3.46. The van der Waals surface area contributed by atoms with Crippen LogP contribution in [0.5, 0.6) is 0 Å². The third kappa shape index (κ3) is 5.86. The number of nitrogens with one attached hydrogen (secondary N) is 1. The van der Waals surface area contributed by atoms with Gasteiger partial charge in [0.25, 0.3) is 0 Å². The van der Waals surface area contributed by atoms with E-state index in [2.05, 4.69) is 40.9 Å². The van der Waals surface area contributed by atoms with Crippen molar-refractivity contribution in [2.75, 3.05) is 45.8 Å². The number of hydrogen-bond acceptors (Lipinski definition) is 3. The van der Waals surface area contributed by atoms with Crippen molar-refractivity contribution >= 4 is 17.6 Å². The zero-order chi connectivity index (χ0) is 18.9. The van der Waals surface area contributed by atoms with Crippen LogP contribution >= 0.6 is 11.6 Å². The Balaban J connectivity index is 1.97. The minimum absolute atomic E-state index is 0.309. The molecule has 1 saturated heterocycles. The highest BCUT2D eigenvalue weighted by molar-refractivity contribution is 6.31. The van der Waals surface area contributed by atoms with Gasteiger partial charge in [-0.25, -0.2) is 0 Å². The summed E-state index contributed by atoms with van der Waals surface area (Å²) in [6.07, 6.45) is 0.500. The molecule has 0 bridgehead atoms. The Hall–Kier alpha value is -1.30. The summed E-state index contributed by atoms with van der Waals surface area (Å²) in [6.45, 7) is 13.0. The number of nitrogens with zero attached hydrogens (tertiary/aromatic N) is 3. The number of guanidine groups is 1. The Morgan fingerprint density at radius 2 is 2.08 bits per heavy atom. The van der Waals surface area contributed by atoms with Gasteiger partial charge >= 0.3 is 0 Å². The molecule has 1 aliphatic heterocycles. The summed E-state index contributed by atoms with van der Waals surface area (Å²) in [4.78, 5) is 9.48. The van der Waals surface area contributed by atoms with E-state index in [-0.39, 0.29) is 0 Å². The van der Waals surface area contributed by atoms with Crippen molar-refractivity contribution in [3.05, 3.63) is 34.9 Å². The average Bonchev–Trinajstić information content (AvgIpc) is 3.11. The van der Waals surface area contributed by atoms with E-state index >= 15 is 0 Å². The fraction of sp³-hybridized carbons (Fsp3) is 0.650. The highest BCUT2D eigenvalue weighted by Gasteiger charge is 2.26. The molecule has 5 nitrogen and oxygen atoms in total. The molecule has 2 unspecified atom stereocenters. The molecule has 0 amide bonds. The van der Waals surface area contributed by atoms with E-state index in [1.807, 2.05) is 18.2 Å². The lowest BCUT2D eigenvalue weighted by molar-refractivity contribution is 0.186. The SMILES string of the molecule is CCNC(=NCC(O)c1ccccc1Cl)N1CCC(CN(CC)CC)C1. The smallest absolute Gasteiger partial charge is 0.194 e. The number of benzene rings is 1. The maximum absolute atomic E-state index is 10.5. The molecule has 1 heterocycles. The Bertz CT molecular complexity index is 577. The largest absolute Gasteiger partial charge is 0.386 e. The first-order chi connectivity index (χ1) is 12.6. The molecule has 1 aromatic rings. The first-order valence-electron chi connectivity index (χ1n) is 9.77. The zero-order valence-electron chi connectivity index (χ0n) is 16.3. The lowest BCUT2D eigenvalue weighted by Crippen LogP contribution is -2.41. The molecule has 6 heteroatoms. The number of aliphatic imine (C=N–C) groups is 1. The van der Waals surface area contributed by atoms with Crippen molar-refractivity contribution < 1.29 is 5.11 Å². The van der Waals surface area contributed by atoms with E-state index in [0.717, 1.165) is 50.8 Å². The minimum Gasteiger partial charge on any atom is -0.386 e. The zero-order valence-corrected chi connectivity index (χ0v) is 17.0. The first-order valence-corrected chi connectivity index (χ1v) is 10.1. The number of likely N-dealkylation sites (tertiary alicyclic amines) is 1. The van der Waals surface area contributed by atoms with Gasteiger partial charge in [-0.2, -0.15) is 0 Å². The fourth-order valence-corrected chi connectivity index (χ4v) is 3.73. The lowest BCUT2D eigenvalue weighted by Gasteiger charge is -2.24. The van der Waals surface area contributed by atoms with Gasteiger partial charge in [0.1, 0.15) is 6.10 Å². The van der Waals surface area contributed by atoms with Gasteiger partial charge in [0.15, 0.2) is 5.96 Å². The third-order valence-electron chi connectivity index (χ3n) is 5.01. The molecule has 2 atom stereocenters. The maximum atomic E-state index is 10.5. The predicted octanol–water partition coefficient (Wildman–Crippen LogP) is 3.00. The van der Waals surface area contributed by atoms with Crippen LogP contribution in [0.2, 0.25) is 5.02 Å². The summed E-state index contributed by atoms with van der Waals surface area (Å²) < 4.78 is 0. The number of aliphatic hydroxyl groups is 1. The summed E-state index contributed by atoms with van der Waals surface area (Å²) in [7, 11) is 0. The van der Waals surface area contributed by atoms with Crippen LogP contribution in [0, 0.1) is 5.92 Å². The van der Waals surface area contributed by atoms with E-state index in [4.69, 9.17) is 11.6 Å². The summed E-state index contributed by atoms with van der Waals surface area (Å²) in [6, 6.07) is 7.41. The molecule has 1 fully saturated rings. The summed E-state index contributed by atoms with van der Waals surface area (Å²) in [5, 5.41) is 14.4. The Kier molecular flexibility index (Phi) is 8.69. The van der Waals surface area contributed by atoms with E-state index in [0.29, 0.717) is 17.5 Å². The summed E-state index contributed by atoms with van der Waals surface area (Å²) >= 11 is 6.18. The van der Waals surface area contributed by atoms with Crippen LogP contribution < -0.4 is 5.32 Å². The first kappa shape index (κ1) is 21.0. The number of halogens is 1. The Labute approximate surface area is 163 Å². The van der Waals surface area contributed by atoms with Crippen molar-refractivity contribution in [1.82, 2.24) is 15.1 Å². The number of hydrogen-bond donors (Lipinski definition) is 2. The predicted molar refractivity (Wildman–Crippen MR) is 110 cm³/mol. The van der Waals surface area contributed by atoms with Crippen LogP contribution in [0.15, 0.2) is 29.3 Å². The van der Waals surface area contributed by atoms with Crippen LogP contribution in [0.1, 0.15) is 38.9 Å². The standard InChI is InChI=1S/C20H33ClN4O/c1-4-22-20(23-13-19(26)17-9-7-8-10-18(17)21)25-12-11-16(15-25)14-24(5-2)6-3/h7-10,16,19,26H,4-6,11-15H2,1-3H3,(H,22,23). The van der Waals surface area contributed by atoms with Crippen molar-refractivity contribution in [2.45, 2.75) is 33.3 Å². The second-order valence-electron chi connectivity index (χ2n) is 6.82. The molecule has 0 saturated carbocycles. The molecular formula is C20H33ClN4O. The molecule has 0 aliphatic carbocycles. The van der Waals surface area contributed by atoms with Crippen molar-refractivity contribution in [3.63, 3.8) is 0 Å². The van der Waals surface area contributed by atoms with Crippen LogP contribution in [0.25, 0.3) is 0 Å². The third-order valence-corrected chi connectivity index (χ3v) is 5.35. The van der Waals surface area contributed by atoms with Gasteiger partial charge in [-0.15, -0.1) is 0 Å². The van der Waals surface area contributed by atoms with Gasteiger partial charge in [-0.3, -0.25) is 4.99 Å². The second kappa shape index (κ2) is 10.8. The van der Waals surface area contributed by atoms with Gasteiger partial charge in [-0.05, 0) is 38.4 Å². The molecule has 0 radical (unpaired) electrons. The molecule has 0 aromatic heterocycles. The Morgan fingerprint density at radius 3 is 2.73 bits per heavy atom. The highest BCUT2D eigenvalue weighted by atomic mass is 35.5. The number of aliphatic hydroxyl groups excluding tert-OH is 1. The van der Waals surface area contributed by atoms with Crippen molar-refractivity contribution in [2.24, 2.45) is 10.9 Å². The van der Waals surface area contributed by atoms with E-state index in [1.165, 1.54) is 6.42 Å². The van der Waals surface area contributed by atoms with Gasteiger partial charge in [0.05, 0.1) is 6.54 Å². The van der Waals surface area contributed by atoms with Crippen LogP contribution in [0.3, 0.4) is 0 Å². The van der Waals surface area contributed by atoms with E-state index in [9.17, 15) is 5.11 Å². The topological polar surface area (TPSA) is 51.1 Å². The van der Waals surface area contributed by atoms with Crippen LogP contribution in [0.4, 0.5) is 0 Å². The molecule has 1 aliphatic rings.